The molecule has 1 aliphatic heterocycles. The van der Waals surface area contributed by atoms with E-state index in [4.69, 9.17) is 9.47 Å². The van der Waals surface area contributed by atoms with Crippen molar-refractivity contribution in [3.05, 3.63) is 65.5 Å². The Hall–Kier alpha value is -2.41. The van der Waals surface area contributed by atoms with Gasteiger partial charge < -0.3 is 9.47 Å². The fraction of sp³-hybridized carbons (Fsp3) is 0.600. The summed E-state index contributed by atoms with van der Waals surface area (Å²) in [4.78, 5) is 0. The van der Waals surface area contributed by atoms with Crippen molar-refractivity contribution in [2.45, 2.75) is 115 Å². The van der Waals surface area contributed by atoms with E-state index in [-0.39, 0.29) is 24.7 Å². The fourth-order valence-corrected chi connectivity index (χ4v) is 6.50. The molecule has 2 aromatic rings. The van der Waals surface area contributed by atoms with Crippen molar-refractivity contribution in [1.82, 2.24) is 0 Å². The lowest BCUT2D eigenvalue weighted by Crippen LogP contribution is -2.41. The summed E-state index contributed by atoms with van der Waals surface area (Å²) >= 11 is 0. The van der Waals surface area contributed by atoms with Gasteiger partial charge in [-0.1, -0.05) is 69.0 Å². The molecule has 0 bridgehead atoms. The van der Waals surface area contributed by atoms with Crippen LogP contribution in [0.4, 0.5) is 22.0 Å². The van der Waals surface area contributed by atoms with Gasteiger partial charge in [-0.3, -0.25) is 0 Å². The lowest BCUT2D eigenvalue weighted by Gasteiger charge is -2.33. The number of rotatable bonds is 13. The molecule has 2 atom stereocenters. The van der Waals surface area contributed by atoms with E-state index in [9.17, 15) is 8.78 Å². The average Bonchev–Trinajstić information content (AvgIpc) is 2.99. The van der Waals surface area contributed by atoms with E-state index in [1.807, 2.05) is 31.2 Å². The predicted molar refractivity (Wildman–Crippen MR) is 158 cm³/mol. The number of ether oxygens (including phenoxy) is 2. The first-order valence-electron chi connectivity index (χ1n) is 15.7. The van der Waals surface area contributed by atoms with Gasteiger partial charge in [-0.2, -0.15) is 8.78 Å². The fourth-order valence-electron chi connectivity index (χ4n) is 6.50. The molecule has 2 unspecified atom stereocenters. The van der Waals surface area contributed by atoms with Gasteiger partial charge in [0, 0.05) is 0 Å². The van der Waals surface area contributed by atoms with Crippen molar-refractivity contribution in [2.24, 2.45) is 11.8 Å². The topological polar surface area (TPSA) is 18.5 Å². The number of halogens is 5. The van der Waals surface area contributed by atoms with Crippen LogP contribution in [-0.2, 0) is 4.74 Å². The van der Waals surface area contributed by atoms with E-state index < -0.39 is 35.6 Å². The highest BCUT2D eigenvalue weighted by atomic mass is 19.3. The zero-order valence-corrected chi connectivity index (χ0v) is 24.9. The Bertz CT molecular complexity index is 1130. The second-order valence-electron chi connectivity index (χ2n) is 12.0. The second kappa shape index (κ2) is 15.4. The molecule has 2 nitrogen and oxygen atoms in total. The molecule has 2 aromatic carbocycles. The van der Waals surface area contributed by atoms with E-state index in [0.29, 0.717) is 17.9 Å². The van der Waals surface area contributed by atoms with Crippen LogP contribution < -0.4 is 4.74 Å². The molecule has 1 saturated heterocycles. The number of unbranched alkanes of at least 4 members (excludes halogenated alkanes) is 2. The minimum atomic E-state index is -3.76. The summed E-state index contributed by atoms with van der Waals surface area (Å²) in [6.07, 6.45) is 8.67. The van der Waals surface area contributed by atoms with Gasteiger partial charge >= 0.3 is 6.11 Å². The minimum absolute atomic E-state index is 0.0191. The van der Waals surface area contributed by atoms with Crippen molar-refractivity contribution in [2.75, 3.05) is 6.61 Å². The van der Waals surface area contributed by atoms with Gasteiger partial charge in [-0.25, -0.2) is 13.2 Å². The van der Waals surface area contributed by atoms with Crippen LogP contribution in [0.2, 0.25) is 0 Å². The minimum Gasteiger partial charge on any atom is -0.429 e. The van der Waals surface area contributed by atoms with Crippen LogP contribution in [0.5, 0.6) is 5.75 Å². The third-order valence-electron chi connectivity index (χ3n) is 9.10. The number of alkyl halides is 4. The summed E-state index contributed by atoms with van der Waals surface area (Å²) in [5, 5.41) is 0. The van der Waals surface area contributed by atoms with Crippen LogP contribution in [0.15, 0.2) is 48.6 Å². The number of benzene rings is 2. The zero-order valence-electron chi connectivity index (χ0n) is 24.9. The van der Waals surface area contributed by atoms with Gasteiger partial charge in [0.25, 0.3) is 6.43 Å². The maximum absolute atomic E-state index is 15.3. The monoisotopic (exact) mass is 592 g/mol. The van der Waals surface area contributed by atoms with Crippen LogP contribution in [0.3, 0.4) is 0 Å². The van der Waals surface area contributed by atoms with E-state index in [0.717, 1.165) is 43.2 Å². The smallest absolute Gasteiger partial charge is 0.403 e. The number of hydrogen-bond acceptors (Lipinski definition) is 2. The molecule has 232 valence electrons. The summed E-state index contributed by atoms with van der Waals surface area (Å²) in [5.74, 6) is -2.40. The zero-order chi connectivity index (χ0) is 30.1. The molecule has 0 aromatic heterocycles. The molecule has 0 N–H and O–H groups in total. The third-order valence-corrected chi connectivity index (χ3v) is 9.10. The number of allylic oxidation sites excluding steroid dienone is 2. The molecule has 1 heterocycles. The van der Waals surface area contributed by atoms with Crippen molar-refractivity contribution < 1.29 is 31.4 Å². The Labute approximate surface area is 247 Å². The molecule has 7 heteroatoms. The van der Waals surface area contributed by atoms with Gasteiger partial charge in [0.1, 0.15) is 0 Å². The molecule has 2 fully saturated rings. The van der Waals surface area contributed by atoms with E-state index in [2.05, 4.69) is 6.92 Å². The number of hydrogen-bond donors (Lipinski definition) is 0. The van der Waals surface area contributed by atoms with E-state index >= 15 is 13.2 Å². The van der Waals surface area contributed by atoms with Crippen molar-refractivity contribution in [1.29, 1.82) is 0 Å². The maximum Gasteiger partial charge on any atom is 0.403 e. The standard InChI is InChI=1S/C35H45F5O2/c1-3-5-7-9-24-11-13-25(14-12-24)26-15-17-27(18-16-26)30-21-22-31(33(36)32(30)34(37)38)42-35(39,40)28-19-20-29(41-23-28)10-8-6-4-2/h4,6,15-18,21-22,24-25,28-29,34H,3,5,7-14,19-20,23H2,1-2H3. The highest BCUT2D eigenvalue weighted by molar-refractivity contribution is 5.69. The van der Waals surface area contributed by atoms with E-state index in [1.54, 1.807) is 12.1 Å². The van der Waals surface area contributed by atoms with Crippen LogP contribution >= 0.6 is 0 Å². The van der Waals surface area contributed by atoms with Crippen LogP contribution in [-0.4, -0.2) is 18.8 Å². The molecular formula is C35H45F5O2. The highest BCUT2D eigenvalue weighted by Crippen LogP contribution is 2.43. The first kappa shape index (κ1) is 32.5. The molecule has 1 saturated carbocycles. The van der Waals surface area contributed by atoms with Crippen LogP contribution in [0.1, 0.15) is 114 Å². The van der Waals surface area contributed by atoms with Gasteiger partial charge in [-0.15, -0.1) is 0 Å². The van der Waals surface area contributed by atoms with Gasteiger partial charge in [-0.05, 0) is 98.9 Å². The summed E-state index contributed by atoms with van der Waals surface area (Å²) in [6, 6.07) is 9.59. The van der Waals surface area contributed by atoms with E-state index in [1.165, 1.54) is 44.6 Å². The molecule has 0 spiro atoms. The molecule has 0 amide bonds. The second-order valence-corrected chi connectivity index (χ2v) is 12.0. The molecular weight excluding hydrogens is 547 g/mol. The van der Waals surface area contributed by atoms with Crippen molar-refractivity contribution >= 4 is 0 Å². The lowest BCUT2D eigenvalue weighted by molar-refractivity contribution is -0.242. The molecule has 0 radical (unpaired) electrons. The van der Waals surface area contributed by atoms with Crippen LogP contribution in [0, 0.1) is 17.7 Å². The summed E-state index contributed by atoms with van der Waals surface area (Å²) < 4.78 is 84.0. The Kier molecular flexibility index (Phi) is 11.9. The lowest BCUT2D eigenvalue weighted by atomic mass is 9.77. The van der Waals surface area contributed by atoms with Gasteiger partial charge in [0.15, 0.2) is 11.6 Å². The third kappa shape index (κ3) is 8.36. The largest absolute Gasteiger partial charge is 0.429 e. The Morgan fingerprint density at radius 2 is 1.69 bits per heavy atom. The molecule has 4 rings (SSSR count). The van der Waals surface area contributed by atoms with Gasteiger partial charge in [0.2, 0.25) is 0 Å². The summed E-state index contributed by atoms with van der Waals surface area (Å²) in [6.45, 7) is 3.90. The van der Waals surface area contributed by atoms with Crippen molar-refractivity contribution in [3.63, 3.8) is 0 Å². The molecule has 1 aliphatic carbocycles. The first-order valence-corrected chi connectivity index (χ1v) is 15.7. The normalized spacial score (nSPS) is 23.5. The van der Waals surface area contributed by atoms with Gasteiger partial charge in [0.05, 0.1) is 24.2 Å². The molecule has 2 aliphatic rings. The quantitative estimate of drug-likeness (QED) is 0.131. The highest BCUT2D eigenvalue weighted by Gasteiger charge is 2.45. The van der Waals surface area contributed by atoms with Crippen LogP contribution in [0.25, 0.3) is 11.1 Å². The SMILES string of the molecule is CC=CCCC1CCC(C(F)(F)Oc2ccc(-c3ccc(C4CCC(CCCCC)CC4)cc3)c(C(F)F)c2F)CO1. The molecule has 42 heavy (non-hydrogen) atoms. The summed E-state index contributed by atoms with van der Waals surface area (Å²) in [7, 11) is 0. The first-order chi connectivity index (χ1) is 20.2. The predicted octanol–water partition coefficient (Wildman–Crippen LogP) is 11.4. The average molecular weight is 593 g/mol. The summed E-state index contributed by atoms with van der Waals surface area (Å²) in [5.41, 5.74) is 0.634. The maximum atomic E-state index is 15.3. The Morgan fingerprint density at radius 1 is 0.952 bits per heavy atom. The Morgan fingerprint density at radius 3 is 2.31 bits per heavy atom. The van der Waals surface area contributed by atoms with Crippen molar-refractivity contribution in [3.8, 4) is 16.9 Å². The Balaban J connectivity index is 1.41.